The average molecular weight is 427 g/mol. The lowest BCUT2D eigenvalue weighted by atomic mass is 10.1. The number of amides is 2. The van der Waals surface area contributed by atoms with E-state index in [9.17, 15) is 4.79 Å². The number of hydrogen-bond acceptors (Lipinski definition) is 5. The Morgan fingerprint density at radius 1 is 0.968 bits per heavy atom. The highest BCUT2D eigenvalue weighted by molar-refractivity contribution is 5.89. The topological polar surface area (TPSA) is 80.1 Å². The maximum Gasteiger partial charge on any atom is 0.316 e. The molecule has 0 unspecified atom stereocenters. The summed E-state index contributed by atoms with van der Waals surface area (Å²) >= 11 is 0. The lowest BCUT2D eigenvalue weighted by molar-refractivity contribution is 0.251. The molecule has 0 spiro atoms. The van der Waals surface area contributed by atoms with Gasteiger partial charge in [-0.1, -0.05) is 24.6 Å². The molecular weight excluding hydrogens is 392 g/mol. The molecule has 0 bridgehead atoms. The fourth-order valence-electron chi connectivity index (χ4n) is 4.09. The first-order chi connectivity index (χ1) is 15.1. The van der Waals surface area contributed by atoms with E-state index in [2.05, 4.69) is 27.2 Å². The Morgan fingerprint density at radius 2 is 1.71 bits per heavy atom. The third-order valence-corrected chi connectivity index (χ3v) is 5.76. The minimum Gasteiger partial charge on any atom is -0.495 e. The molecule has 1 heterocycles. The number of carbonyl (C=O) groups is 1. The molecular formula is C24H34N4O3. The minimum absolute atomic E-state index is 0.582. The molecule has 2 aromatic rings. The molecule has 1 aliphatic rings. The monoisotopic (exact) mass is 426 g/mol. The van der Waals surface area contributed by atoms with Gasteiger partial charge < -0.3 is 25.4 Å². The van der Waals surface area contributed by atoms with Crippen LogP contribution in [0.5, 0.6) is 11.5 Å². The van der Waals surface area contributed by atoms with Crippen LogP contribution in [0.4, 0.5) is 16.2 Å². The Kier molecular flexibility index (Phi) is 8.41. The summed E-state index contributed by atoms with van der Waals surface area (Å²) in [7, 11) is 3.31. The number of carbonyl (C=O) groups excluding carboxylic acids is 1. The third kappa shape index (κ3) is 6.52. The SMILES string of the molecule is COc1ccc(CCCCCN2CCN(c3ccccc3OC)CC2)cc1NC(N)=O. The first-order valence-corrected chi connectivity index (χ1v) is 10.9. The zero-order valence-electron chi connectivity index (χ0n) is 18.6. The van der Waals surface area contributed by atoms with E-state index in [0.29, 0.717) is 11.4 Å². The zero-order valence-corrected chi connectivity index (χ0v) is 18.6. The molecule has 168 valence electrons. The van der Waals surface area contributed by atoms with E-state index in [4.69, 9.17) is 15.2 Å². The number of urea groups is 1. The van der Waals surface area contributed by atoms with Crippen molar-refractivity contribution in [2.45, 2.75) is 25.7 Å². The molecule has 0 radical (unpaired) electrons. The van der Waals surface area contributed by atoms with Crippen molar-refractivity contribution in [3.63, 3.8) is 0 Å². The summed E-state index contributed by atoms with van der Waals surface area (Å²) in [6.45, 7) is 5.36. The smallest absolute Gasteiger partial charge is 0.316 e. The first kappa shape index (κ1) is 22.7. The van der Waals surface area contributed by atoms with Crippen LogP contribution in [0.3, 0.4) is 0 Å². The Labute approximate surface area is 185 Å². The van der Waals surface area contributed by atoms with Gasteiger partial charge in [0.15, 0.2) is 0 Å². The quantitative estimate of drug-likeness (QED) is 0.566. The lowest BCUT2D eigenvalue weighted by Crippen LogP contribution is -2.46. The fourth-order valence-corrected chi connectivity index (χ4v) is 4.09. The van der Waals surface area contributed by atoms with Crippen molar-refractivity contribution in [2.75, 3.05) is 57.2 Å². The van der Waals surface area contributed by atoms with Crippen LogP contribution in [0.2, 0.25) is 0 Å². The summed E-state index contributed by atoms with van der Waals surface area (Å²) in [5, 5.41) is 2.63. The Hall–Kier alpha value is -2.93. The van der Waals surface area contributed by atoms with Gasteiger partial charge in [-0.25, -0.2) is 4.79 Å². The van der Waals surface area contributed by atoms with E-state index in [-0.39, 0.29) is 0 Å². The van der Waals surface area contributed by atoms with Gasteiger partial charge in [-0.15, -0.1) is 0 Å². The Bertz CT molecular complexity index is 850. The molecule has 2 aromatic carbocycles. The predicted molar refractivity (Wildman–Crippen MR) is 125 cm³/mol. The van der Waals surface area contributed by atoms with Crippen LogP contribution in [0.15, 0.2) is 42.5 Å². The molecule has 0 aliphatic carbocycles. The van der Waals surface area contributed by atoms with Crippen LogP contribution in [0.25, 0.3) is 0 Å². The highest BCUT2D eigenvalue weighted by Crippen LogP contribution is 2.28. The molecule has 31 heavy (non-hydrogen) atoms. The van der Waals surface area contributed by atoms with Crippen molar-refractivity contribution in [3.8, 4) is 11.5 Å². The molecule has 7 heteroatoms. The average Bonchev–Trinajstić information content (AvgIpc) is 2.79. The number of primary amides is 1. The maximum atomic E-state index is 11.2. The molecule has 1 aliphatic heterocycles. The van der Waals surface area contributed by atoms with Gasteiger partial charge >= 0.3 is 6.03 Å². The van der Waals surface area contributed by atoms with Crippen LogP contribution >= 0.6 is 0 Å². The normalized spacial score (nSPS) is 14.3. The van der Waals surface area contributed by atoms with Gasteiger partial charge in [0, 0.05) is 26.2 Å². The fraction of sp³-hybridized carbons (Fsp3) is 0.458. The lowest BCUT2D eigenvalue weighted by Gasteiger charge is -2.36. The molecule has 1 fully saturated rings. The number of benzene rings is 2. The van der Waals surface area contributed by atoms with Crippen LogP contribution in [0, 0.1) is 0 Å². The summed E-state index contributed by atoms with van der Waals surface area (Å²) in [5.74, 6) is 1.57. The number of nitrogens with two attached hydrogens (primary N) is 1. The van der Waals surface area contributed by atoms with Gasteiger partial charge in [0.25, 0.3) is 0 Å². The number of nitrogens with zero attached hydrogens (tertiary/aromatic N) is 2. The van der Waals surface area contributed by atoms with Crippen molar-refractivity contribution in [2.24, 2.45) is 5.73 Å². The second-order valence-electron chi connectivity index (χ2n) is 7.84. The number of rotatable bonds is 10. The zero-order chi connectivity index (χ0) is 22.1. The standard InChI is InChI=1S/C24H34N4O3/c1-30-22-12-11-19(18-20(22)26-24(25)29)8-4-3-7-13-27-14-16-28(17-15-27)21-9-5-6-10-23(21)31-2/h5-6,9-12,18H,3-4,7-8,13-17H2,1-2H3,(H3,25,26,29). The summed E-state index contributed by atoms with van der Waals surface area (Å²) in [6, 6.07) is 13.5. The number of anilines is 2. The van der Waals surface area contributed by atoms with E-state index in [1.54, 1.807) is 14.2 Å². The van der Waals surface area contributed by atoms with Gasteiger partial charge in [-0.3, -0.25) is 4.90 Å². The number of hydrogen-bond donors (Lipinski definition) is 2. The summed E-state index contributed by atoms with van der Waals surface area (Å²) in [4.78, 5) is 16.1. The second-order valence-corrected chi connectivity index (χ2v) is 7.84. The van der Waals surface area contributed by atoms with E-state index in [1.807, 2.05) is 30.3 Å². The Balaban J connectivity index is 1.37. The summed E-state index contributed by atoms with van der Waals surface area (Å²) in [6.07, 6.45) is 4.46. The van der Waals surface area contributed by atoms with Gasteiger partial charge in [0.05, 0.1) is 25.6 Å². The number of nitrogens with one attached hydrogen (secondary N) is 1. The van der Waals surface area contributed by atoms with E-state index in [1.165, 1.54) is 24.1 Å². The molecule has 1 saturated heterocycles. The molecule has 2 amide bonds. The summed E-state index contributed by atoms with van der Waals surface area (Å²) < 4.78 is 10.8. The summed E-state index contributed by atoms with van der Waals surface area (Å²) in [5.41, 5.74) is 8.24. The van der Waals surface area contributed by atoms with Gasteiger partial charge in [0.1, 0.15) is 11.5 Å². The number of methoxy groups -OCH3 is 2. The number of ether oxygens (including phenoxy) is 2. The molecule has 0 aromatic heterocycles. The maximum absolute atomic E-state index is 11.2. The molecule has 7 nitrogen and oxygen atoms in total. The van der Waals surface area contributed by atoms with Crippen LogP contribution < -0.4 is 25.4 Å². The van der Waals surface area contributed by atoms with Crippen LogP contribution in [-0.4, -0.2) is 57.9 Å². The number of unbranched alkanes of at least 4 members (excludes halogenated alkanes) is 2. The van der Waals surface area contributed by atoms with E-state index >= 15 is 0 Å². The number of aryl methyl sites for hydroxylation is 1. The van der Waals surface area contributed by atoms with Gasteiger partial charge in [-0.2, -0.15) is 0 Å². The van der Waals surface area contributed by atoms with Crippen molar-refractivity contribution in [1.29, 1.82) is 0 Å². The predicted octanol–water partition coefficient (Wildman–Crippen LogP) is 3.73. The van der Waals surface area contributed by atoms with Crippen molar-refractivity contribution >= 4 is 17.4 Å². The number of para-hydroxylation sites is 2. The van der Waals surface area contributed by atoms with Crippen LogP contribution in [-0.2, 0) is 6.42 Å². The number of piperazine rings is 1. The molecule has 3 N–H and O–H groups in total. The third-order valence-electron chi connectivity index (χ3n) is 5.76. The van der Waals surface area contributed by atoms with Crippen LogP contribution in [0.1, 0.15) is 24.8 Å². The van der Waals surface area contributed by atoms with E-state index in [0.717, 1.165) is 51.3 Å². The van der Waals surface area contributed by atoms with Crippen molar-refractivity contribution in [3.05, 3.63) is 48.0 Å². The highest BCUT2D eigenvalue weighted by atomic mass is 16.5. The largest absolute Gasteiger partial charge is 0.495 e. The van der Waals surface area contributed by atoms with E-state index < -0.39 is 6.03 Å². The van der Waals surface area contributed by atoms with Gasteiger partial charge in [-0.05, 0) is 55.6 Å². The van der Waals surface area contributed by atoms with Crippen molar-refractivity contribution < 1.29 is 14.3 Å². The molecule has 3 rings (SSSR count). The highest BCUT2D eigenvalue weighted by Gasteiger charge is 2.19. The first-order valence-electron chi connectivity index (χ1n) is 10.9. The molecule has 0 atom stereocenters. The Morgan fingerprint density at radius 3 is 2.42 bits per heavy atom. The molecule has 0 saturated carbocycles. The second kappa shape index (κ2) is 11.5. The van der Waals surface area contributed by atoms with Gasteiger partial charge in [0.2, 0.25) is 0 Å². The minimum atomic E-state index is -0.582. The van der Waals surface area contributed by atoms with Crippen molar-refractivity contribution in [1.82, 2.24) is 4.90 Å².